The Balaban J connectivity index is 2.10. The molecule has 0 bridgehead atoms. The Morgan fingerprint density at radius 1 is 1.59 bits per heavy atom. The summed E-state index contributed by atoms with van der Waals surface area (Å²) in [4.78, 5) is 23.4. The summed E-state index contributed by atoms with van der Waals surface area (Å²) in [5, 5.41) is 8.97. The van der Waals surface area contributed by atoms with Crippen LogP contribution in [0.1, 0.15) is 12.5 Å². The van der Waals surface area contributed by atoms with Crippen LogP contribution in [0, 0.1) is 17.7 Å². The highest BCUT2D eigenvalue weighted by Crippen LogP contribution is 2.23. The lowest BCUT2D eigenvalue weighted by Gasteiger charge is -2.13. The molecule has 1 atom stereocenters. The molecule has 0 spiro atoms. The van der Waals surface area contributed by atoms with Gasteiger partial charge in [-0.3, -0.25) is 9.69 Å². The van der Waals surface area contributed by atoms with E-state index < -0.39 is 24.0 Å². The first-order valence-electron chi connectivity index (χ1n) is 6.52. The predicted molar refractivity (Wildman–Crippen MR) is 74.6 cm³/mol. The molecule has 22 heavy (non-hydrogen) atoms. The van der Waals surface area contributed by atoms with E-state index in [4.69, 9.17) is 9.84 Å². The summed E-state index contributed by atoms with van der Waals surface area (Å²) in [7, 11) is 0. The number of hydrogen-bond acceptors (Lipinski definition) is 5. The summed E-state index contributed by atoms with van der Waals surface area (Å²) >= 11 is 0. The number of rotatable bonds is 3. The zero-order valence-electron chi connectivity index (χ0n) is 11.8. The molecule has 0 aromatic heterocycles. The molecule has 1 heterocycles. The maximum atomic E-state index is 14.0. The highest BCUT2D eigenvalue weighted by atomic mass is 19.1. The van der Waals surface area contributed by atoms with Crippen molar-refractivity contribution in [3.8, 4) is 11.8 Å². The standard InChI is InChI=1S/C15H14FNO5/c1-10(19)21-6-2-3-11-4-5-12(7-14(11)16)17-8-13(9-18)22-15(17)20/h4-5,7,13,18H,6,8-9H2,1H3/t13-/m1/s1. The summed E-state index contributed by atoms with van der Waals surface area (Å²) in [6.07, 6.45) is -1.24. The van der Waals surface area contributed by atoms with Gasteiger partial charge in [0.2, 0.25) is 0 Å². The molecule has 0 unspecified atom stereocenters. The molecule has 1 saturated heterocycles. The molecule has 1 aliphatic heterocycles. The van der Waals surface area contributed by atoms with Crippen LogP contribution in [0.3, 0.4) is 0 Å². The molecular formula is C15H14FNO5. The van der Waals surface area contributed by atoms with Crippen molar-refractivity contribution in [2.75, 3.05) is 24.7 Å². The van der Waals surface area contributed by atoms with Crippen LogP contribution in [0.4, 0.5) is 14.9 Å². The van der Waals surface area contributed by atoms with Crippen LogP contribution in [0.15, 0.2) is 18.2 Å². The highest BCUT2D eigenvalue weighted by molar-refractivity contribution is 5.89. The number of esters is 1. The zero-order valence-corrected chi connectivity index (χ0v) is 11.8. The van der Waals surface area contributed by atoms with Crippen LogP contribution in [0.25, 0.3) is 0 Å². The minimum Gasteiger partial charge on any atom is -0.453 e. The fraction of sp³-hybridized carbons (Fsp3) is 0.333. The number of aliphatic hydroxyl groups excluding tert-OH is 1. The number of amides is 1. The van der Waals surface area contributed by atoms with Crippen LogP contribution in [-0.2, 0) is 14.3 Å². The molecule has 116 valence electrons. The highest BCUT2D eigenvalue weighted by Gasteiger charge is 2.32. The van der Waals surface area contributed by atoms with Gasteiger partial charge in [-0.15, -0.1) is 0 Å². The van der Waals surface area contributed by atoms with Crippen molar-refractivity contribution < 1.29 is 28.6 Å². The fourth-order valence-electron chi connectivity index (χ4n) is 1.87. The molecule has 1 amide bonds. The van der Waals surface area contributed by atoms with Crippen molar-refractivity contribution >= 4 is 17.7 Å². The quantitative estimate of drug-likeness (QED) is 0.667. The van der Waals surface area contributed by atoms with Gasteiger partial charge >= 0.3 is 12.1 Å². The number of carbonyl (C=O) groups excluding carboxylic acids is 2. The van der Waals surface area contributed by atoms with E-state index in [1.165, 1.54) is 24.0 Å². The number of nitrogens with zero attached hydrogens (tertiary/aromatic N) is 1. The number of halogens is 1. The van der Waals surface area contributed by atoms with E-state index >= 15 is 0 Å². The van der Waals surface area contributed by atoms with E-state index in [2.05, 4.69) is 16.6 Å². The number of benzene rings is 1. The summed E-state index contributed by atoms with van der Waals surface area (Å²) in [6.45, 7) is 1.01. The normalized spacial score (nSPS) is 16.8. The van der Waals surface area contributed by atoms with Crippen molar-refractivity contribution in [2.45, 2.75) is 13.0 Å². The van der Waals surface area contributed by atoms with Gasteiger partial charge in [0.05, 0.1) is 24.4 Å². The summed E-state index contributed by atoms with van der Waals surface area (Å²) in [5.74, 6) is 3.99. The van der Waals surface area contributed by atoms with Gasteiger partial charge in [-0.25, -0.2) is 9.18 Å². The van der Waals surface area contributed by atoms with Gasteiger partial charge in [-0.1, -0.05) is 11.8 Å². The van der Waals surface area contributed by atoms with E-state index in [0.29, 0.717) is 5.69 Å². The van der Waals surface area contributed by atoms with Crippen LogP contribution in [0.2, 0.25) is 0 Å². The molecule has 1 aliphatic rings. The van der Waals surface area contributed by atoms with E-state index in [-0.39, 0.29) is 25.3 Å². The van der Waals surface area contributed by atoms with Crippen LogP contribution >= 0.6 is 0 Å². The Labute approximate surface area is 126 Å². The van der Waals surface area contributed by atoms with Gasteiger partial charge in [0.25, 0.3) is 0 Å². The van der Waals surface area contributed by atoms with Gasteiger partial charge in [0.15, 0.2) is 6.61 Å². The molecular weight excluding hydrogens is 293 g/mol. The maximum Gasteiger partial charge on any atom is 0.414 e. The fourth-order valence-corrected chi connectivity index (χ4v) is 1.87. The molecule has 1 fully saturated rings. The van der Waals surface area contributed by atoms with Crippen LogP contribution in [-0.4, -0.2) is 43.0 Å². The Hall–Kier alpha value is -2.59. The summed E-state index contributed by atoms with van der Waals surface area (Å²) < 4.78 is 23.5. The van der Waals surface area contributed by atoms with Crippen molar-refractivity contribution in [1.29, 1.82) is 0 Å². The molecule has 0 radical (unpaired) electrons. The first-order valence-corrected chi connectivity index (χ1v) is 6.52. The van der Waals surface area contributed by atoms with E-state index in [9.17, 15) is 14.0 Å². The van der Waals surface area contributed by atoms with Crippen molar-refractivity contribution in [1.82, 2.24) is 0 Å². The minimum absolute atomic E-state index is 0.118. The van der Waals surface area contributed by atoms with Crippen molar-refractivity contribution in [3.05, 3.63) is 29.6 Å². The van der Waals surface area contributed by atoms with Crippen LogP contribution in [0.5, 0.6) is 0 Å². The minimum atomic E-state index is -0.632. The predicted octanol–water partition coefficient (Wildman–Crippen LogP) is 1.06. The number of carbonyl (C=O) groups is 2. The summed E-state index contributed by atoms with van der Waals surface area (Å²) in [6, 6.07) is 4.11. The monoisotopic (exact) mass is 307 g/mol. The molecule has 6 nitrogen and oxygen atoms in total. The van der Waals surface area contributed by atoms with Gasteiger partial charge in [-0.2, -0.15) is 0 Å². The summed E-state index contributed by atoms with van der Waals surface area (Å²) in [5.41, 5.74) is 0.450. The van der Waals surface area contributed by atoms with Gasteiger partial charge < -0.3 is 14.6 Å². The molecule has 1 N–H and O–H groups in total. The second kappa shape index (κ2) is 6.91. The van der Waals surface area contributed by atoms with Gasteiger partial charge in [0, 0.05) is 6.92 Å². The smallest absolute Gasteiger partial charge is 0.414 e. The zero-order chi connectivity index (χ0) is 16.1. The molecule has 7 heteroatoms. The second-order valence-corrected chi connectivity index (χ2v) is 4.55. The second-order valence-electron chi connectivity index (χ2n) is 4.55. The Morgan fingerprint density at radius 3 is 2.95 bits per heavy atom. The number of anilines is 1. The third kappa shape index (κ3) is 3.74. The first-order chi connectivity index (χ1) is 10.5. The molecule has 0 saturated carbocycles. The van der Waals surface area contributed by atoms with E-state index in [1.54, 1.807) is 0 Å². The average Bonchev–Trinajstić information content (AvgIpc) is 2.86. The average molecular weight is 307 g/mol. The molecule has 2 rings (SSSR count). The molecule has 1 aromatic rings. The van der Waals surface area contributed by atoms with Gasteiger partial charge in [0.1, 0.15) is 11.9 Å². The van der Waals surface area contributed by atoms with E-state index in [0.717, 1.165) is 6.07 Å². The number of ether oxygens (including phenoxy) is 2. The van der Waals surface area contributed by atoms with E-state index in [1.807, 2.05) is 0 Å². The third-order valence-electron chi connectivity index (χ3n) is 2.91. The van der Waals surface area contributed by atoms with Crippen LogP contribution < -0.4 is 4.90 Å². The number of hydrogen-bond donors (Lipinski definition) is 1. The lowest BCUT2D eigenvalue weighted by molar-refractivity contribution is -0.139. The Bertz CT molecular complexity index is 649. The maximum absolute atomic E-state index is 14.0. The molecule has 1 aromatic carbocycles. The largest absolute Gasteiger partial charge is 0.453 e. The SMILES string of the molecule is CC(=O)OCC#Cc1ccc(N2C[C@H](CO)OC2=O)cc1F. The first kappa shape index (κ1) is 15.8. The topological polar surface area (TPSA) is 76.1 Å². The lowest BCUT2D eigenvalue weighted by Crippen LogP contribution is -2.25. The number of cyclic esters (lactones) is 1. The third-order valence-corrected chi connectivity index (χ3v) is 2.91. The van der Waals surface area contributed by atoms with Crippen molar-refractivity contribution in [3.63, 3.8) is 0 Å². The number of aliphatic hydroxyl groups is 1. The lowest BCUT2D eigenvalue weighted by atomic mass is 10.2. The van der Waals surface area contributed by atoms with Gasteiger partial charge in [-0.05, 0) is 18.2 Å². The molecule has 0 aliphatic carbocycles. The Morgan fingerprint density at radius 2 is 2.36 bits per heavy atom. The van der Waals surface area contributed by atoms with Crippen molar-refractivity contribution in [2.24, 2.45) is 0 Å². The Kier molecular flexibility index (Phi) is 4.96.